The fraction of sp³-hybridized carbons (Fsp3) is 0.724. The first-order valence-electron chi connectivity index (χ1n) is 13.8. The van der Waals surface area contributed by atoms with Crippen LogP contribution in [-0.4, -0.2) is 49.4 Å². The van der Waals surface area contributed by atoms with Gasteiger partial charge in [-0.05, 0) is 113 Å². The van der Waals surface area contributed by atoms with Crippen molar-refractivity contribution in [3.63, 3.8) is 0 Å². The molecule has 0 spiro atoms. The number of nitrogens with zero attached hydrogens (tertiary/aromatic N) is 1. The second-order valence-electron chi connectivity index (χ2n) is 11.3. The first-order chi connectivity index (χ1) is 16.9. The third-order valence-electron chi connectivity index (χ3n) is 9.18. The summed E-state index contributed by atoms with van der Waals surface area (Å²) in [7, 11) is 1.78. The Morgan fingerprint density at radius 3 is 2.31 bits per heavy atom. The van der Waals surface area contributed by atoms with Crippen LogP contribution in [0.2, 0.25) is 0 Å². The van der Waals surface area contributed by atoms with Crippen molar-refractivity contribution in [3.05, 3.63) is 35.6 Å². The number of amides is 1. The Kier molecular flexibility index (Phi) is 9.34. The average Bonchev–Trinajstić information content (AvgIpc) is 2.88. The fourth-order valence-electron chi connectivity index (χ4n) is 7.04. The van der Waals surface area contributed by atoms with Gasteiger partial charge in [0.05, 0.1) is 6.10 Å². The lowest BCUT2D eigenvalue weighted by atomic mass is 9.67. The van der Waals surface area contributed by atoms with Gasteiger partial charge in [-0.15, -0.1) is 0 Å². The van der Waals surface area contributed by atoms with E-state index in [4.69, 9.17) is 10.5 Å². The van der Waals surface area contributed by atoms with E-state index >= 15 is 0 Å². The highest BCUT2D eigenvalue weighted by atomic mass is 19.1. The largest absolute Gasteiger partial charge is 0.381 e. The Hall–Kier alpha value is -1.79. The zero-order chi connectivity index (χ0) is 24.8. The van der Waals surface area contributed by atoms with E-state index in [-0.39, 0.29) is 35.4 Å². The number of hydrogen-bond acceptors (Lipinski definition) is 4. The third-order valence-corrected chi connectivity index (χ3v) is 9.18. The van der Waals surface area contributed by atoms with E-state index in [0.717, 1.165) is 76.9 Å². The van der Waals surface area contributed by atoms with E-state index < -0.39 is 0 Å². The molecule has 4 rings (SSSR count). The number of piperidine rings is 1. The van der Waals surface area contributed by atoms with Crippen LogP contribution in [0.5, 0.6) is 0 Å². The summed E-state index contributed by atoms with van der Waals surface area (Å²) in [5.74, 6) is 1.34. The number of carbonyl (C=O) groups excluding carboxylic acids is 2. The Morgan fingerprint density at radius 2 is 1.69 bits per heavy atom. The first kappa shape index (κ1) is 26.3. The summed E-state index contributed by atoms with van der Waals surface area (Å²) in [5.41, 5.74) is 6.55. The third kappa shape index (κ3) is 6.91. The van der Waals surface area contributed by atoms with Crippen LogP contribution in [0.15, 0.2) is 24.3 Å². The summed E-state index contributed by atoms with van der Waals surface area (Å²) in [6.07, 6.45) is 12.2. The van der Waals surface area contributed by atoms with Gasteiger partial charge in [0.1, 0.15) is 5.82 Å². The molecular formula is C29H43FN2O3. The number of rotatable bonds is 9. The SMILES string of the molecule is CO[C@H]1CCC[C@H](C(C(N)=O)C2CCC(CCN3CCC(C(=O)c4ccc(F)cc4)CC3)CC2)C1. The van der Waals surface area contributed by atoms with Crippen molar-refractivity contribution in [2.45, 2.75) is 76.7 Å². The zero-order valence-corrected chi connectivity index (χ0v) is 21.3. The normalized spacial score (nSPS) is 29.5. The number of primary amides is 1. The van der Waals surface area contributed by atoms with E-state index in [1.165, 1.54) is 31.4 Å². The van der Waals surface area contributed by atoms with Crippen LogP contribution in [0.25, 0.3) is 0 Å². The molecule has 0 radical (unpaired) electrons. The number of methoxy groups -OCH3 is 1. The number of hydrogen-bond donors (Lipinski definition) is 1. The van der Waals surface area contributed by atoms with Crippen molar-refractivity contribution in [2.24, 2.45) is 35.3 Å². The maximum Gasteiger partial charge on any atom is 0.221 e. The lowest BCUT2D eigenvalue weighted by molar-refractivity contribution is -0.127. The van der Waals surface area contributed by atoms with Crippen LogP contribution in [-0.2, 0) is 9.53 Å². The predicted molar refractivity (Wildman–Crippen MR) is 135 cm³/mol. The summed E-state index contributed by atoms with van der Waals surface area (Å²) in [6, 6.07) is 5.95. The first-order valence-corrected chi connectivity index (χ1v) is 13.8. The maximum atomic E-state index is 13.1. The number of ether oxygens (including phenoxy) is 1. The van der Waals surface area contributed by atoms with Crippen molar-refractivity contribution in [1.82, 2.24) is 4.90 Å². The van der Waals surface area contributed by atoms with Crippen molar-refractivity contribution in [2.75, 3.05) is 26.7 Å². The smallest absolute Gasteiger partial charge is 0.221 e. The lowest BCUT2D eigenvalue weighted by Gasteiger charge is -2.40. The second kappa shape index (κ2) is 12.4. The Balaban J connectivity index is 1.18. The molecule has 194 valence electrons. The molecule has 35 heavy (non-hydrogen) atoms. The molecule has 2 N–H and O–H groups in total. The van der Waals surface area contributed by atoms with Crippen molar-refractivity contribution < 1.29 is 18.7 Å². The van der Waals surface area contributed by atoms with Gasteiger partial charge >= 0.3 is 0 Å². The molecule has 1 aliphatic heterocycles. The fourth-order valence-corrected chi connectivity index (χ4v) is 7.04. The van der Waals surface area contributed by atoms with Crippen molar-refractivity contribution in [1.29, 1.82) is 0 Å². The van der Waals surface area contributed by atoms with Gasteiger partial charge < -0.3 is 15.4 Å². The van der Waals surface area contributed by atoms with Gasteiger partial charge in [-0.1, -0.05) is 19.3 Å². The van der Waals surface area contributed by atoms with Crippen LogP contribution in [0, 0.1) is 35.4 Å². The highest BCUT2D eigenvalue weighted by Crippen LogP contribution is 2.42. The molecule has 3 fully saturated rings. The number of Topliss-reactive ketones (excluding diaryl/α,β-unsaturated/α-hetero) is 1. The summed E-state index contributed by atoms with van der Waals surface area (Å²) in [6.45, 7) is 3.00. The summed E-state index contributed by atoms with van der Waals surface area (Å²) < 4.78 is 18.8. The molecule has 0 aromatic heterocycles. The predicted octanol–water partition coefficient (Wildman–Crippen LogP) is 5.22. The molecule has 1 heterocycles. The minimum Gasteiger partial charge on any atom is -0.381 e. The quantitative estimate of drug-likeness (QED) is 0.486. The molecule has 1 aromatic carbocycles. The van der Waals surface area contributed by atoms with Crippen molar-refractivity contribution in [3.8, 4) is 0 Å². The van der Waals surface area contributed by atoms with Gasteiger partial charge in [-0.2, -0.15) is 0 Å². The van der Waals surface area contributed by atoms with Crippen LogP contribution in [0.3, 0.4) is 0 Å². The molecule has 2 saturated carbocycles. The topological polar surface area (TPSA) is 72.6 Å². The number of nitrogens with two attached hydrogens (primary N) is 1. The molecular weight excluding hydrogens is 443 g/mol. The summed E-state index contributed by atoms with van der Waals surface area (Å²) in [5, 5.41) is 0. The van der Waals surface area contributed by atoms with E-state index in [2.05, 4.69) is 4.90 Å². The Bertz CT molecular complexity index is 829. The number of benzene rings is 1. The molecule has 3 aliphatic rings. The summed E-state index contributed by atoms with van der Waals surface area (Å²) >= 11 is 0. The Labute approximate surface area is 210 Å². The van der Waals surface area contributed by atoms with Gasteiger partial charge in [-0.3, -0.25) is 9.59 Å². The van der Waals surface area contributed by atoms with Gasteiger partial charge in [-0.25, -0.2) is 4.39 Å². The minimum atomic E-state index is -0.302. The van der Waals surface area contributed by atoms with E-state index in [1.807, 2.05) is 0 Å². The summed E-state index contributed by atoms with van der Waals surface area (Å²) in [4.78, 5) is 27.6. The molecule has 5 nitrogen and oxygen atoms in total. The molecule has 1 saturated heterocycles. The van der Waals surface area contributed by atoms with Crippen LogP contribution >= 0.6 is 0 Å². The molecule has 1 amide bonds. The molecule has 3 atom stereocenters. The van der Waals surface area contributed by atoms with E-state index in [9.17, 15) is 14.0 Å². The molecule has 6 heteroatoms. The molecule has 1 aromatic rings. The Morgan fingerprint density at radius 1 is 1.00 bits per heavy atom. The standard InChI is InChI=1S/C29H43FN2O3/c1-35-26-4-2-3-24(19-26)27(29(31)34)21-7-5-20(6-8-21)13-16-32-17-14-23(15-18-32)28(33)22-9-11-25(30)12-10-22/h9-12,20-21,23-24,26-27H,2-8,13-19H2,1H3,(H2,31,34)/t20?,21?,24-,26-,27?/m0/s1. The number of likely N-dealkylation sites (tertiary alicyclic amines) is 1. The molecule has 1 unspecified atom stereocenters. The van der Waals surface area contributed by atoms with Crippen LogP contribution in [0.4, 0.5) is 4.39 Å². The second-order valence-corrected chi connectivity index (χ2v) is 11.3. The maximum absolute atomic E-state index is 13.1. The zero-order valence-electron chi connectivity index (χ0n) is 21.3. The number of halogens is 1. The van der Waals surface area contributed by atoms with Gasteiger partial charge in [0.15, 0.2) is 5.78 Å². The average molecular weight is 487 g/mol. The number of carbonyl (C=O) groups is 2. The van der Waals surface area contributed by atoms with Gasteiger partial charge in [0, 0.05) is 24.5 Å². The van der Waals surface area contributed by atoms with E-state index in [0.29, 0.717) is 17.4 Å². The lowest BCUT2D eigenvalue weighted by Crippen LogP contribution is -2.41. The van der Waals surface area contributed by atoms with Crippen molar-refractivity contribution >= 4 is 11.7 Å². The highest BCUT2D eigenvalue weighted by molar-refractivity contribution is 5.97. The van der Waals surface area contributed by atoms with Gasteiger partial charge in [0.25, 0.3) is 0 Å². The minimum absolute atomic E-state index is 0.00609. The van der Waals surface area contributed by atoms with Crippen LogP contribution < -0.4 is 5.73 Å². The monoisotopic (exact) mass is 486 g/mol. The van der Waals surface area contributed by atoms with Crippen LogP contribution in [0.1, 0.15) is 81.0 Å². The highest BCUT2D eigenvalue weighted by Gasteiger charge is 2.38. The van der Waals surface area contributed by atoms with Gasteiger partial charge in [0.2, 0.25) is 5.91 Å². The molecule has 0 bridgehead atoms. The molecule has 2 aliphatic carbocycles. The van der Waals surface area contributed by atoms with E-state index in [1.54, 1.807) is 19.2 Å². The number of ketones is 1.